The molecule has 2 saturated heterocycles. The number of hydrogen-bond donors (Lipinski definition) is 2. The van der Waals surface area contributed by atoms with Crippen molar-refractivity contribution in [1.29, 1.82) is 0 Å². The van der Waals surface area contributed by atoms with Crippen LogP contribution in [0.25, 0.3) is 0 Å². The van der Waals surface area contributed by atoms with Crippen LogP contribution in [0.5, 0.6) is 5.75 Å². The highest BCUT2D eigenvalue weighted by Gasteiger charge is 2.23. The van der Waals surface area contributed by atoms with E-state index < -0.39 is 0 Å². The van der Waals surface area contributed by atoms with Gasteiger partial charge in [0.25, 0.3) is 0 Å². The summed E-state index contributed by atoms with van der Waals surface area (Å²) >= 11 is 0. The number of amides is 1. The smallest absolute Gasteiger partial charge is 0.219 e. The normalized spacial score (nSPS) is 19.1. The van der Waals surface area contributed by atoms with Gasteiger partial charge in [-0.05, 0) is 50.6 Å². The summed E-state index contributed by atoms with van der Waals surface area (Å²) in [5, 5.41) is 6.88. The molecule has 178 valence electrons. The molecule has 2 heterocycles. The largest absolute Gasteiger partial charge is 0.497 e. The van der Waals surface area contributed by atoms with E-state index in [0.717, 1.165) is 77.2 Å². The molecule has 2 aliphatic heterocycles. The Morgan fingerprint density at radius 1 is 1.06 bits per heavy atom. The zero-order chi connectivity index (χ0) is 22.8. The van der Waals surface area contributed by atoms with Crippen LogP contribution in [0.1, 0.15) is 38.3 Å². The zero-order valence-electron chi connectivity index (χ0n) is 20.0. The maximum atomic E-state index is 11.5. The van der Waals surface area contributed by atoms with Crippen molar-refractivity contribution in [1.82, 2.24) is 25.3 Å². The van der Waals surface area contributed by atoms with Crippen LogP contribution < -0.4 is 15.4 Å². The standard InChI is InChI=1S/C24H40N6O2/c1-4-25-24(26-11-14-28-15-17-29(18-16-28)20(2)31)27-19-23(30-12-5-6-13-30)21-7-9-22(32-3)10-8-21/h7-10,23H,4-6,11-19H2,1-3H3,(H2,25,26,27). The van der Waals surface area contributed by atoms with Crippen molar-refractivity contribution in [3.05, 3.63) is 29.8 Å². The molecule has 3 rings (SSSR count). The summed E-state index contributed by atoms with van der Waals surface area (Å²) < 4.78 is 5.33. The maximum absolute atomic E-state index is 11.5. The molecule has 2 N–H and O–H groups in total. The SMILES string of the molecule is CCNC(=NCC(c1ccc(OC)cc1)N1CCCC1)NCCN1CCN(C(C)=O)CC1. The number of benzene rings is 1. The van der Waals surface area contributed by atoms with Gasteiger partial charge in [0, 0.05) is 52.7 Å². The third kappa shape index (κ3) is 7.10. The third-order valence-electron chi connectivity index (χ3n) is 6.39. The van der Waals surface area contributed by atoms with Gasteiger partial charge in [-0.1, -0.05) is 12.1 Å². The van der Waals surface area contributed by atoms with Crippen LogP contribution in [-0.4, -0.2) is 99.1 Å². The molecule has 1 amide bonds. The molecule has 8 nitrogen and oxygen atoms in total. The number of nitrogens with one attached hydrogen (secondary N) is 2. The van der Waals surface area contributed by atoms with Crippen LogP contribution in [0, 0.1) is 0 Å². The van der Waals surface area contributed by atoms with E-state index in [-0.39, 0.29) is 11.9 Å². The molecule has 2 fully saturated rings. The number of nitrogens with zero attached hydrogens (tertiary/aromatic N) is 4. The Hall–Kier alpha value is -2.32. The highest BCUT2D eigenvalue weighted by Crippen LogP contribution is 2.27. The molecule has 2 aliphatic rings. The quantitative estimate of drug-likeness (QED) is 0.445. The molecule has 32 heavy (non-hydrogen) atoms. The minimum atomic E-state index is 0.175. The average Bonchev–Trinajstić information content (AvgIpc) is 3.34. The van der Waals surface area contributed by atoms with Gasteiger partial charge in [0.05, 0.1) is 19.7 Å². The van der Waals surface area contributed by atoms with E-state index in [2.05, 4.69) is 39.5 Å². The topological polar surface area (TPSA) is 72.4 Å². The van der Waals surface area contributed by atoms with Crippen LogP contribution in [0.15, 0.2) is 29.3 Å². The molecule has 0 aromatic heterocycles. The van der Waals surface area contributed by atoms with Crippen molar-refractivity contribution >= 4 is 11.9 Å². The third-order valence-corrected chi connectivity index (χ3v) is 6.39. The lowest BCUT2D eigenvalue weighted by molar-refractivity contribution is -0.130. The lowest BCUT2D eigenvalue weighted by atomic mass is 10.1. The summed E-state index contributed by atoms with van der Waals surface area (Å²) in [5.41, 5.74) is 1.29. The minimum absolute atomic E-state index is 0.175. The second-order valence-corrected chi connectivity index (χ2v) is 8.53. The number of guanidine groups is 1. The first-order valence-corrected chi connectivity index (χ1v) is 12.0. The number of ether oxygens (including phenoxy) is 1. The monoisotopic (exact) mass is 444 g/mol. The van der Waals surface area contributed by atoms with Crippen LogP contribution in [0.3, 0.4) is 0 Å². The van der Waals surface area contributed by atoms with Gasteiger partial charge in [0.1, 0.15) is 5.75 Å². The van der Waals surface area contributed by atoms with Crippen molar-refractivity contribution in [2.45, 2.75) is 32.7 Å². The van der Waals surface area contributed by atoms with E-state index >= 15 is 0 Å². The molecule has 0 radical (unpaired) electrons. The van der Waals surface area contributed by atoms with E-state index in [1.54, 1.807) is 14.0 Å². The molecule has 0 spiro atoms. The first-order chi connectivity index (χ1) is 15.6. The van der Waals surface area contributed by atoms with Crippen molar-refractivity contribution < 1.29 is 9.53 Å². The molecular formula is C24H40N6O2. The second-order valence-electron chi connectivity index (χ2n) is 8.53. The summed E-state index contributed by atoms with van der Waals surface area (Å²) in [5.74, 6) is 1.93. The van der Waals surface area contributed by atoms with Gasteiger partial charge in [-0.3, -0.25) is 19.6 Å². The summed E-state index contributed by atoms with van der Waals surface area (Å²) in [6.07, 6.45) is 2.51. The Kier molecular flexibility index (Phi) is 9.62. The van der Waals surface area contributed by atoms with E-state index in [0.29, 0.717) is 0 Å². The van der Waals surface area contributed by atoms with E-state index in [4.69, 9.17) is 9.73 Å². The van der Waals surface area contributed by atoms with Crippen LogP contribution >= 0.6 is 0 Å². The molecule has 8 heteroatoms. The average molecular weight is 445 g/mol. The Labute approximate surface area is 193 Å². The summed E-state index contributed by atoms with van der Waals surface area (Å²) in [7, 11) is 1.70. The molecule has 0 bridgehead atoms. The number of likely N-dealkylation sites (tertiary alicyclic amines) is 1. The number of carbonyl (C=O) groups excluding carboxylic acids is 1. The number of aliphatic imine (C=N–C) groups is 1. The molecule has 0 saturated carbocycles. The number of methoxy groups -OCH3 is 1. The van der Waals surface area contributed by atoms with E-state index in [1.807, 2.05) is 17.0 Å². The molecular weight excluding hydrogens is 404 g/mol. The Bertz CT molecular complexity index is 725. The fraction of sp³-hybridized carbons (Fsp3) is 0.667. The fourth-order valence-electron chi connectivity index (χ4n) is 4.45. The lowest BCUT2D eigenvalue weighted by Crippen LogP contribution is -2.50. The molecule has 1 unspecified atom stereocenters. The molecule has 1 atom stereocenters. The first-order valence-electron chi connectivity index (χ1n) is 12.0. The van der Waals surface area contributed by atoms with Crippen molar-refractivity contribution in [3.63, 3.8) is 0 Å². The van der Waals surface area contributed by atoms with E-state index in [1.165, 1.54) is 18.4 Å². The zero-order valence-corrected chi connectivity index (χ0v) is 20.0. The number of carbonyl (C=O) groups is 1. The van der Waals surface area contributed by atoms with Gasteiger partial charge in [-0.2, -0.15) is 0 Å². The van der Waals surface area contributed by atoms with Gasteiger partial charge < -0.3 is 20.3 Å². The Balaban J connectivity index is 1.55. The fourth-order valence-corrected chi connectivity index (χ4v) is 4.45. The Morgan fingerprint density at radius 3 is 2.34 bits per heavy atom. The predicted octanol–water partition coefficient (Wildman–Crippen LogP) is 1.55. The molecule has 1 aromatic carbocycles. The van der Waals surface area contributed by atoms with Crippen molar-refractivity contribution in [2.75, 3.05) is 72.6 Å². The summed E-state index contributed by atoms with van der Waals surface area (Å²) in [4.78, 5) is 23.3. The highest BCUT2D eigenvalue weighted by atomic mass is 16.5. The van der Waals surface area contributed by atoms with Gasteiger partial charge in [0.15, 0.2) is 5.96 Å². The summed E-state index contributed by atoms with van der Waals surface area (Å²) in [6, 6.07) is 8.68. The van der Waals surface area contributed by atoms with Crippen molar-refractivity contribution in [2.24, 2.45) is 4.99 Å². The predicted molar refractivity (Wildman–Crippen MR) is 129 cm³/mol. The first kappa shape index (κ1) is 24.3. The number of rotatable bonds is 9. The van der Waals surface area contributed by atoms with Crippen LogP contribution in [-0.2, 0) is 4.79 Å². The van der Waals surface area contributed by atoms with Gasteiger partial charge in [0.2, 0.25) is 5.91 Å². The molecule has 1 aromatic rings. The van der Waals surface area contributed by atoms with Gasteiger partial charge >= 0.3 is 0 Å². The highest BCUT2D eigenvalue weighted by molar-refractivity contribution is 5.79. The molecule has 0 aliphatic carbocycles. The number of piperazine rings is 1. The van der Waals surface area contributed by atoms with Gasteiger partial charge in [-0.15, -0.1) is 0 Å². The lowest BCUT2D eigenvalue weighted by Gasteiger charge is -2.34. The van der Waals surface area contributed by atoms with E-state index in [9.17, 15) is 4.79 Å². The summed E-state index contributed by atoms with van der Waals surface area (Å²) in [6.45, 7) is 12.9. The minimum Gasteiger partial charge on any atom is -0.497 e. The second kappa shape index (κ2) is 12.6. The van der Waals surface area contributed by atoms with Crippen molar-refractivity contribution in [3.8, 4) is 5.75 Å². The maximum Gasteiger partial charge on any atom is 0.219 e. The van der Waals surface area contributed by atoms with Crippen LogP contribution in [0.2, 0.25) is 0 Å². The van der Waals surface area contributed by atoms with Gasteiger partial charge in [-0.25, -0.2) is 0 Å². The Morgan fingerprint density at radius 2 is 1.75 bits per heavy atom. The number of hydrogen-bond acceptors (Lipinski definition) is 5. The van der Waals surface area contributed by atoms with Crippen LogP contribution in [0.4, 0.5) is 0 Å².